The fourth-order valence-corrected chi connectivity index (χ4v) is 4.38. The van der Waals surface area contributed by atoms with Crippen molar-refractivity contribution in [3.05, 3.63) is 92.3 Å². The Kier molecular flexibility index (Phi) is 7.48. The average Bonchev–Trinajstić information content (AvgIpc) is 3.33. The molecule has 0 aliphatic rings. The molecule has 0 fully saturated rings. The lowest BCUT2D eigenvalue weighted by Crippen LogP contribution is -2.43. The minimum absolute atomic E-state index is 0.0584. The van der Waals surface area contributed by atoms with Crippen LogP contribution in [0.3, 0.4) is 0 Å². The Morgan fingerprint density at radius 3 is 2.71 bits per heavy atom. The van der Waals surface area contributed by atoms with Crippen molar-refractivity contribution in [2.75, 3.05) is 30.9 Å². The molecule has 3 heterocycles. The number of ether oxygens (including phenoxy) is 1. The fourth-order valence-electron chi connectivity index (χ4n) is 3.57. The maximum atomic E-state index is 13.4. The van der Waals surface area contributed by atoms with Gasteiger partial charge in [0.1, 0.15) is 10.8 Å². The van der Waals surface area contributed by atoms with Gasteiger partial charge in [0.05, 0.1) is 25.3 Å². The Bertz CT molecular complexity index is 1420. The summed E-state index contributed by atoms with van der Waals surface area (Å²) in [6.45, 7) is 0.383. The van der Waals surface area contributed by atoms with Crippen LogP contribution in [0.4, 0.5) is 11.5 Å². The third-order valence-electron chi connectivity index (χ3n) is 5.28. The number of amides is 1. The molecule has 180 valence electrons. The van der Waals surface area contributed by atoms with Crippen LogP contribution in [0.1, 0.15) is 11.3 Å². The summed E-state index contributed by atoms with van der Waals surface area (Å²) in [5.41, 5.74) is 7.04. The molecule has 0 unspecified atom stereocenters. The van der Waals surface area contributed by atoms with Crippen molar-refractivity contribution in [2.45, 2.75) is 13.0 Å². The van der Waals surface area contributed by atoms with Crippen molar-refractivity contribution in [1.29, 1.82) is 0 Å². The van der Waals surface area contributed by atoms with E-state index in [9.17, 15) is 14.4 Å². The SMILES string of the molecule is COCCN(C(=O)Cc1csc(-c2cccnc2)n1)c1c(N)n(Cc2ccccc2)c(=O)[nH]c1=O. The lowest BCUT2D eigenvalue weighted by molar-refractivity contribution is -0.118. The minimum atomic E-state index is -0.740. The third-order valence-corrected chi connectivity index (χ3v) is 6.22. The molecule has 11 heteroatoms. The van der Waals surface area contributed by atoms with Gasteiger partial charge in [0, 0.05) is 37.0 Å². The van der Waals surface area contributed by atoms with E-state index in [0.717, 1.165) is 16.1 Å². The molecule has 4 rings (SSSR count). The number of nitrogens with zero attached hydrogens (tertiary/aromatic N) is 4. The highest BCUT2D eigenvalue weighted by molar-refractivity contribution is 7.13. The molecule has 1 amide bonds. The number of pyridine rings is 1. The largest absolute Gasteiger partial charge is 0.383 e. The number of hydrogen-bond donors (Lipinski definition) is 2. The first-order chi connectivity index (χ1) is 17.0. The maximum Gasteiger partial charge on any atom is 0.330 e. The van der Waals surface area contributed by atoms with Crippen molar-refractivity contribution in [2.24, 2.45) is 0 Å². The van der Waals surface area contributed by atoms with E-state index in [1.807, 2.05) is 42.5 Å². The molecule has 0 saturated heterocycles. The normalized spacial score (nSPS) is 10.9. The Hall–Kier alpha value is -4.09. The van der Waals surface area contributed by atoms with Crippen molar-refractivity contribution in [3.63, 3.8) is 0 Å². The molecule has 0 aliphatic heterocycles. The van der Waals surface area contributed by atoms with Crippen LogP contribution in [0.15, 0.2) is 69.8 Å². The van der Waals surface area contributed by atoms with Crippen LogP contribution in [-0.2, 0) is 22.5 Å². The lowest BCUT2D eigenvalue weighted by Gasteiger charge is -2.24. The number of thiazole rings is 1. The summed E-state index contributed by atoms with van der Waals surface area (Å²) in [6.07, 6.45) is 3.32. The van der Waals surface area contributed by atoms with Gasteiger partial charge in [0.25, 0.3) is 5.56 Å². The zero-order valence-electron chi connectivity index (χ0n) is 19.0. The molecular formula is C24H24N6O4S. The van der Waals surface area contributed by atoms with Crippen molar-refractivity contribution in [1.82, 2.24) is 19.5 Å². The summed E-state index contributed by atoms with van der Waals surface area (Å²) in [6, 6.07) is 12.9. The van der Waals surface area contributed by atoms with Gasteiger partial charge in [-0.25, -0.2) is 9.78 Å². The quantitative estimate of drug-likeness (QED) is 0.364. The van der Waals surface area contributed by atoms with Crippen LogP contribution in [0.2, 0.25) is 0 Å². The summed E-state index contributed by atoms with van der Waals surface area (Å²) in [5.74, 6) is -0.492. The number of anilines is 2. The fraction of sp³-hybridized carbons (Fsp3) is 0.208. The molecule has 3 N–H and O–H groups in total. The Morgan fingerprint density at radius 1 is 1.20 bits per heavy atom. The van der Waals surface area contributed by atoms with Crippen molar-refractivity contribution < 1.29 is 9.53 Å². The number of carbonyl (C=O) groups excluding carboxylic acids is 1. The van der Waals surface area contributed by atoms with Crippen LogP contribution < -0.4 is 21.9 Å². The molecule has 4 aromatic rings. The highest BCUT2D eigenvalue weighted by Crippen LogP contribution is 2.24. The summed E-state index contributed by atoms with van der Waals surface area (Å²) in [4.78, 5) is 50.9. The number of rotatable bonds is 9. The zero-order valence-corrected chi connectivity index (χ0v) is 19.8. The highest BCUT2D eigenvalue weighted by atomic mass is 32.1. The second kappa shape index (κ2) is 10.9. The zero-order chi connectivity index (χ0) is 24.8. The van der Waals surface area contributed by atoms with E-state index in [-0.39, 0.29) is 37.6 Å². The molecule has 0 aliphatic carbocycles. The predicted molar refractivity (Wildman–Crippen MR) is 135 cm³/mol. The molecular weight excluding hydrogens is 468 g/mol. The number of methoxy groups -OCH3 is 1. The van der Waals surface area contributed by atoms with E-state index >= 15 is 0 Å². The van der Waals surface area contributed by atoms with Gasteiger partial charge in [0.15, 0.2) is 5.69 Å². The standard InChI is InChI=1S/C24H24N6O4S/c1-34-11-10-29(19(31)12-18-15-35-23(27-18)17-8-5-9-26-13-17)20-21(25)30(24(33)28-22(20)32)14-16-6-3-2-4-7-16/h2-9,13,15H,10-12,14,25H2,1H3,(H,28,32,33). The van der Waals surface area contributed by atoms with Crippen LogP contribution in [-0.4, -0.2) is 45.7 Å². The van der Waals surface area contributed by atoms with E-state index in [1.165, 1.54) is 27.9 Å². The monoisotopic (exact) mass is 492 g/mol. The summed E-state index contributed by atoms with van der Waals surface area (Å²) in [5, 5.41) is 2.52. The Balaban J connectivity index is 1.66. The molecule has 3 aromatic heterocycles. The van der Waals surface area contributed by atoms with E-state index in [4.69, 9.17) is 10.5 Å². The van der Waals surface area contributed by atoms with Crippen molar-refractivity contribution in [3.8, 4) is 10.6 Å². The molecule has 0 spiro atoms. The number of carbonyl (C=O) groups is 1. The number of H-pyrrole nitrogens is 1. The van der Waals surface area contributed by atoms with Crippen LogP contribution >= 0.6 is 11.3 Å². The lowest BCUT2D eigenvalue weighted by atomic mass is 10.2. The van der Waals surface area contributed by atoms with E-state index in [2.05, 4.69) is 15.0 Å². The molecule has 0 atom stereocenters. The Morgan fingerprint density at radius 2 is 2.00 bits per heavy atom. The number of hydrogen-bond acceptors (Lipinski definition) is 8. The van der Waals surface area contributed by atoms with Gasteiger partial charge >= 0.3 is 5.69 Å². The first-order valence-corrected chi connectivity index (χ1v) is 11.7. The number of nitrogens with one attached hydrogen (secondary N) is 1. The van der Waals surface area contributed by atoms with Gasteiger partial charge in [-0.3, -0.25) is 24.1 Å². The maximum absolute atomic E-state index is 13.4. The second-order valence-electron chi connectivity index (χ2n) is 7.67. The van der Waals surface area contributed by atoms with Gasteiger partial charge in [-0.15, -0.1) is 11.3 Å². The van der Waals surface area contributed by atoms with Gasteiger partial charge in [-0.05, 0) is 17.7 Å². The minimum Gasteiger partial charge on any atom is -0.383 e. The second-order valence-corrected chi connectivity index (χ2v) is 8.52. The Labute approximate surface area is 204 Å². The van der Waals surface area contributed by atoms with Crippen LogP contribution in [0.5, 0.6) is 0 Å². The number of nitrogens with two attached hydrogens (primary N) is 1. The van der Waals surface area contributed by atoms with Crippen molar-refractivity contribution >= 4 is 28.7 Å². The number of nitrogen functional groups attached to an aromatic ring is 1. The van der Waals surface area contributed by atoms with E-state index in [0.29, 0.717) is 5.69 Å². The molecule has 0 saturated carbocycles. The smallest absolute Gasteiger partial charge is 0.330 e. The first-order valence-electron chi connectivity index (χ1n) is 10.8. The molecule has 35 heavy (non-hydrogen) atoms. The number of benzene rings is 1. The van der Waals surface area contributed by atoms with E-state index < -0.39 is 17.2 Å². The van der Waals surface area contributed by atoms with Crippen LogP contribution in [0, 0.1) is 0 Å². The predicted octanol–water partition coefficient (Wildman–Crippen LogP) is 1.91. The average molecular weight is 493 g/mol. The van der Waals surface area contributed by atoms with Gasteiger partial charge < -0.3 is 15.4 Å². The molecule has 0 radical (unpaired) electrons. The first kappa shape index (κ1) is 24.0. The topological polar surface area (TPSA) is 136 Å². The van der Waals surface area contributed by atoms with E-state index in [1.54, 1.807) is 17.8 Å². The summed E-state index contributed by atoms with van der Waals surface area (Å²) in [7, 11) is 1.49. The number of aromatic nitrogens is 4. The molecule has 0 bridgehead atoms. The van der Waals surface area contributed by atoms with Gasteiger partial charge in [0.2, 0.25) is 5.91 Å². The molecule has 1 aromatic carbocycles. The summed E-state index contributed by atoms with van der Waals surface area (Å²) >= 11 is 1.40. The molecule has 10 nitrogen and oxygen atoms in total. The highest BCUT2D eigenvalue weighted by Gasteiger charge is 2.25. The van der Waals surface area contributed by atoms with Crippen LogP contribution in [0.25, 0.3) is 10.6 Å². The van der Waals surface area contributed by atoms with Gasteiger partial charge in [-0.2, -0.15) is 0 Å². The number of aromatic amines is 1. The third kappa shape index (κ3) is 5.53. The van der Waals surface area contributed by atoms with Gasteiger partial charge in [-0.1, -0.05) is 30.3 Å². The summed E-state index contributed by atoms with van der Waals surface area (Å²) < 4.78 is 6.39.